The van der Waals surface area contributed by atoms with Gasteiger partial charge in [-0.2, -0.15) is 0 Å². The van der Waals surface area contributed by atoms with E-state index in [0.29, 0.717) is 11.3 Å². The summed E-state index contributed by atoms with van der Waals surface area (Å²) in [5, 5.41) is 3.24. The van der Waals surface area contributed by atoms with E-state index >= 15 is 0 Å². The number of aromatic nitrogens is 1. The molecule has 1 aromatic heterocycles. The molecule has 1 amide bonds. The van der Waals surface area contributed by atoms with Crippen LogP contribution in [0.5, 0.6) is 11.5 Å². The van der Waals surface area contributed by atoms with Gasteiger partial charge < -0.3 is 19.7 Å². The summed E-state index contributed by atoms with van der Waals surface area (Å²) in [5.74, 6) is 1.29. The molecule has 0 aliphatic carbocycles. The minimum atomic E-state index is -0.127. The Bertz CT molecular complexity index is 944. The van der Waals surface area contributed by atoms with Crippen LogP contribution in [-0.4, -0.2) is 24.7 Å². The number of amides is 1. The lowest BCUT2D eigenvalue weighted by Gasteiger charge is -2.17. The number of nitrogens with zero attached hydrogens (tertiary/aromatic N) is 2. The third kappa shape index (κ3) is 3.17. The molecule has 0 fully saturated rings. The van der Waals surface area contributed by atoms with Gasteiger partial charge in [0, 0.05) is 30.7 Å². The van der Waals surface area contributed by atoms with Crippen LogP contribution in [0.2, 0.25) is 0 Å². The van der Waals surface area contributed by atoms with Gasteiger partial charge in [-0.05, 0) is 30.3 Å². The summed E-state index contributed by atoms with van der Waals surface area (Å²) >= 11 is 0. The van der Waals surface area contributed by atoms with Gasteiger partial charge in [-0.1, -0.05) is 18.2 Å². The van der Waals surface area contributed by atoms with E-state index < -0.39 is 0 Å². The molecule has 6 nitrogen and oxygen atoms in total. The fourth-order valence-electron chi connectivity index (χ4n) is 2.73. The number of para-hydroxylation sites is 1. The topological polar surface area (TPSA) is 63.7 Å². The van der Waals surface area contributed by atoms with E-state index in [9.17, 15) is 4.79 Å². The van der Waals surface area contributed by atoms with Gasteiger partial charge in [0.05, 0.1) is 17.4 Å². The summed E-state index contributed by atoms with van der Waals surface area (Å²) in [4.78, 5) is 18.5. The Labute approximate surface area is 151 Å². The maximum absolute atomic E-state index is 12.7. The van der Waals surface area contributed by atoms with Crippen LogP contribution in [0.1, 0.15) is 10.4 Å². The highest BCUT2D eigenvalue weighted by molar-refractivity contribution is 6.06. The molecule has 4 rings (SSSR count). The van der Waals surface area contributed by atoms with E-state index in [1.54, 1.807) is 30.4 Å². The van der Waals surface area contributed by atoms with Gasteiger partial charge in [0.25, 0.3) is 5.91 Å². The van der Waals surface area contributed by atoms with E-state index in [4.69, 9.17) is 9.47 Å². The highest BCUT2D eigenvalue weighted by Gasteiger charge is 2.15. The molecule has 0 atom stereocenters. The minimum absolute atomic E-state index is 0.127. The van der Waals surface area contributed by atoms with Crippen LogP contribution in [-0.2, 0) is 0 Å². The first kappa shape index (κ1) is 16.0. The SMILES string of the molecule is CN(C(=O)c1cncc(Nc2ccc3c(c2)OCO3)c1)c1ccccc1. The normalized spacial score (nSPS) is 11.9. The predicted octanol–water partition coefficient (Wildman–Crippen LogP) is 3.83. The van der Waals surface area contributed by atoms with Crippen LogP contribution in [0.15, 0.2) is 67.0 Å². The van der Waals surface area contributed by atoms with E-state index in [0.717, 1.165) is 22.8 Å². The summed E-state index contributed by atoms with van der Waals surface area (Å²) in [6, 6.07) is 16.9. The van der Waals surface area contributed by atoms with Gasteiger partial charge in [-0.3, -0.25) is 9.78 Å². The highest BCUT2D eigenvalue weighted by Crippen LogP contribution is 2.35. The molecular weight excluding hydrogens is 330 g/mol. The van der Waals surface area contributed by atoms with Gasteiger partial charge >= 0.3 is 0 Å². The fourth-order valence-corrected chi connectivity index (χ4v) is 2.73. The molecule has 1 N–H and O–H groups in total. The zero-order chi connectivity index (χ0) is 17.9. The lowest BCUT2D eigenvalue weighted by molar-refractivity contribution is 0.0992. The second-order valence-corrected chi connectivity index (χ2v) is 5.86. The second kappa shape index (κ2) is 6.76. The van der Waals surface area contributed by atoms with Crippen molar-refractivity contribution in [3.8, 4) is 11.5 Å². The number of nitrogens with one attached hydrogen (secondary N) is 1. The van der Waals surface area contributed by atoms with Crippen LogP contribution < -0.4 is 19.7 Å². The van der Waals surface area contributed by atoms with Crippen LogP contribution >= 0.6 is 0 Å². The Hall–Kier alpha value is -3.54. The third-order valence-electron chi connectivity index (χ3n) is 4.09. The molecule has 2 aromatic carbocycles. The van der Waals surface area contributed by atoms with Crippen molar-refractivity contribution in [1.82, 2.24) is 4.98 Å². The molecule has 3 aromatic rings. The maximum atomic E-state index is 12.7. The second-order valence-electron chi connectivity index (χ2n) is 5.86. The molecule has 0 unspecified atom stereocenters. The molecule has 26 heavy (non-hydrogen) atoms. The molecule has 0 saturated heterocycles. The molecule has 0 spiro atoms. The number of rotatable bonds is 4. The van der Waals surface area contributed by atoms with Crippen LogP contribution in [0.3, 0.4) is 0 Å². The average Bonchev–Trinajstić information content (AvgIpc) is 3.15. The van der Waals surface area contributed by atoms with Gasteiger partial charge in [0.1, 0.15) is 0 Å². The van der Waals surface area contributed by atoms with Crippen molar-refractivity contribution in [3.63, 3.8) is 0 Å². The summed E-state index contributed by atoms with van der Waals surface area (Å²) in [6.45, 7) is 0.232. The number of anilines is 3. The Morgan fingerprint density at radius 2 is 1.81 bits per heavy atom. The number of ether oxygens (including phenoxy) is 2. The van der Waals surface area contributed by atoms with Gasteiger partial charge in [-0.15, -0.1) is 0 Å². The fraction of sp³-hybridized carbons (Fsp3) is 0.100. The van der Waals surface area contributed by atoms with Gasteiger partial charge in [0.2, 0.25) is 6.79 Å². The molecule has 0 radical (unpaired) electrons. The molecule has 0 bridgehead atoms. The van der Waals surface area contributed by atoms with E-state index in [-0.39, 0.29) is 12.7 Å². The summed E-state index contributed by atoms with van der Waals surface area (Å²) in [6.07, 6.45) is 3.23. The molecule has 6 heteroatoms. The monoisotopic (exact) mass is 347 g/mol. The van der Waals surface area contributed by atoms with Gasteiger partial charge in [-0.25, -0.2) is 0 Å². The van der Waals surface area contributed by atoms with Crippen molar-refractivity contribution in [3.05, 3.63) is 72.6 Å². The first-order valence-electron chi connectivity index (χ1n) is 8.15. The molecular formula is C20H17N3O3. The summed E-state index contributed by atoms with van der Waals surface area (Å²) < 4.78 is 10.7. The van der Waals surface area contributed by atoms with Crippen LogP contribution in [0.4, 0.5) is 17.1 Å². The van der Waals surface area contributed by atoms with Crippen molar-refractivity contribution in [1.29, 1.82) is 0 Å². The first-order chi connectivity index (χ1) is 12.7. The number of fused-ring (bicyclic) bond motifs is 1. The lowest BCUT2D eigenvalue weighted by Crippen LogP contribution is -2.26. The van der Waals surface area contributed by atoms with Crippen molar-refractivity contribution in [2.45, 2.75) is 0 Å². The van der Waals surface area contributed by atoms with E-state index in [1.807, 2.05) is 48.5 Å². The maximum Gasteiger partial charge on any atom is 0.259 e. The minimum Gasteiger partial charge on any atom is -0.454 e. The molecule has 0 saturated carbocycles. The first-order valence-corrected chi connectivity index (χ1v) is 8.15. The van der Waals surface area contributed by atoms with Crippen LogP contribution in [0, 0.1) is 0 Å². The van der Waals surface area contributed by atoms with E-state index in [2.05, 4.69) is 10.3 Å². The van der Waals surface area contributed by atoms with Crippen molar-refractivity contribution >= 4 is 23.0 Å². The van der Waals surface area contributed by atoms with Crippen molar-refractivity contribution in [2.75, 3.05) is 24.1 Å². The zero-order valence-corrected chi connectivity index (χ0v) is 14.2. The Morgan fingerprint density at radius 3 is 2.65 bits per heavy atom. The van der Waals surface area contributed by atoms with Crippen molar-refractivity contribution < 1.29 is 14.3 Å². The summed E-state index contributed by atoms with van der Waals surface area (Å²) in [5.41, 5.74) is 2.88. The zero-order valence-electron chi connectivity index (χ0n) is 14.2. The van der Waals surface area contributed by atoms with Crippen molar-refractivity contribution in [2.24, 2.45) is 0 Å². The Morgan fingerprint density at radius 1 is 1.00 bits per heavy atom. The molecule has 130 valence electrons. The molecule has 1 aliphatic heterocycles. The highest BCUT2D eigenvalue weighted by atomic mass is 16.7. The van der Waals surface area contributed by atoms with Gasteiger partial charge in [0.15, 0.2) is 11.5 Å². The average molecular weight is 347 g/mol. The number of carbonyl (C=O) groups excluding carboxylic acids is 1. The molecule has 1 aliphatic rings. The predicted molar refractivity (Wildman–Crippen MR) is 99.3 cm³/mol. The third-order valence-corrected chi connectivity index (χ3v) is 4.09. The quantitative estimate of drug-likeness (QED) is 0.777. The Balaban J connectivity index is 1.54. The smallest absolute Gasteiger partial charge is 0.259 e. The largest absolute Gasteiger partial charge is 0.454 e. The molecule has 2 heterocycles. The number of hydrogen-bond acceptors (Lipinski definition) is 5. The standard InChI is InChI=1S/C20H17N3O3/c1-23(17-5-3-2-4-6-17)20(24)14-9-16(12-21-11-14)22-15-7-8-18-19(10-15)26-13-25-18/h2-12,22H,13H2,1H3. The number of carbonyl (C=O) groups is 1. The van der Waals surface area contributed by atoms with Crippen LogP contribution in [0.25, 0.3) is 0 Å². The number of hydrogen-bond donors (Lipinski definition) is 1. The summed E-state index contributed by atoms with van der Waals surface area (Å²) in [7, 11) is 1.75. The lowest BCUT2D eigenvalue weighted by atomic mass is 10.2. The number of benzene rings is 2. The Kier molecular flexibility index (Phi) is 4.15. The van der Waals surface area contributed by atoms with E-state index in [1.165, 1.54) is 0 Å². The number of pyridine rings is 1.